The maximum Gasteiger partial charge on any atom is 0.387 e. The highest BCUT2D eigenvalue weighted by molar-refractivity contribution is 8.13. The molecule has 0 heterocycles. The molecule has 0 aliphatic heterocycles. The molecule has 0 radical (unpaired) electrons. The standard InChI is InChI=1S/C9H8ClF2NO6S/c1-2-18-8-6(20(10,16)17)4-3-5(19-9(11)12)7(8)13(14)15/h3-4,9H,2H2,1H3. The van der Waals surface area contributed by atoms with Crippen molar-refractivity contribution in [1.82, 2.24) is 0 Å². The van der Waals surface area contributed by atoms with Crippen molar-refractivity contribution in [3.63, 3.8) is 0 Å². The Morgan fingerprint density at radius 2 is 2.05 bits per heavy atom. The van der Waals surface area contributed by atoms with Crippen LogP contribution in [0.3, 0.4) is 0 Å². The molecule has 0 saturated heterocycles. The van der Waals surface area contributed by atoms with Gasteiger partial charge in [-0.1, -0.05) is 0 Å². The summed E-state index contributed by atoms with van der Waals surface area (Å²) < 4.78 is 55.8. The van der Waals surface area contributed by atoms with E-state index in [1.165, 1.54) is 6.92 Å². The van der Waals surface area contributed by atoms with Gasteiger partial charge in [-0.3, -0.25) is 10.1 Å². The zero-order valence-corrected chi connectivity index (χ0v) is 11.5. The lowest BCUT2D eigenvalue weighted by molar-refractivity contribution is -0.387. The van der Waals surface area contributed by atoms with Crippen LogP contribution >= 0.6 is 10.7 Å². The molecular weight excluding hydrogens is 324 g/mol. The van der Waals surface area contributed by atoms with E-state index in [0.29, 0.717) is 6.07 Å². The van der Waals surface area contributed by atoms with Gasteiger partial charge in [-0.15, -0.1) is 0 Å². The summed E-state index contributed by atoms with van der Waals surface area (Å²) in [6, 6.07) is 1.50. The molecule has 0 N–H and O–H groups in total. The number of hydrogen-bond donors (Lipinski definition) is 0. The van der Waals surface area contributed by atoms with Gasteiger partial charge in [0.15, 0.2) is 0 Å². The quantitative estimate of drug-likeness (QED) is 0.451. The highest BCUT2D eigenvalue weighted by Gasteiger charge is 2.32. The second-order valence-electron chi connectivity index (χ2n) is 3.25. The van der Waals surface area contributed by atoms with Crippen molar-refractivity contribution in [2.24, 2.45) is 0 Å². The van der Waals surface area contributed by atoms with Gasteiger partial charge in [-0.25, -0.2) is 8.42 Å². The lowest BCUT2D eigenvalue weighted by Crippen LogP contribution is -2.08. The van der Waals surface area contributed by atoms with E-state index in [-0.39, 0.29) is 6.61 Å². The summed E-state index contributed by atoms with van der Waals surface area (Å²) in [5.41, 5.74) is -1.03. The monoisotopic (exact) mass is 331 g/mol. The van der Waals surface area contributed by atoms with Crippen LogP contribution in [0, 0.1) is 10.1 Å². The van der Waals surface area contributed by atoms with Crippen LogP contribution in [-0.4, -0.2) is 26.6 Å². The van der Waals surface area contributed by atoms with E-state index in [9.17, 15) is 27.3 Å². The van der Waals surface area contributed by atoms with Gasteiger partial charge in [0.1, 0.15) is 4.90 Å². The molecule has 0 saturated carbocycles. The molecule has 112 valence electrons. The average Bonchev–Trinajstić information content (AvgIpc) is 2.26. The molecule has 0 amide bonds. The van der Waals surface area contributed by atoms with E-state index >= 15 is 0 Å². The van der Waals surface area contributed by atoms with Crippen molar-refractivity contribution < 1.29 is 31.6 Å². The fourth-order valence-corrected chi connectivity index (χ4v) is 2.35. The zero-order chi connectivity index (χ0) is 15.5. The highest BCUT2D eigenvalue weighted by Crippen LogP contribution is 2.43. The van der Waals surface area contributed by atoms with Crippen LogP contribution in [0.15, 0.2) is 17.0 Å². The first kappa shape index (κ1) is 16.4. The van der Waals surface area contributed by atoms with E-state index in [1.807, 2.05) is 0 Å². The molecule has 11 heteroatoms. The largest absolute Gasteiger partial charge is 0.486 e. The summed E-state index contributed by atoms with van der Waals surface area (Å²) >= 11 is 0. The van der Waals surface area contributed by atoms with Gasteiger partial charge in [-0.05, 0) is 19.1 Å². The van der Waals surface area contributed by atoms with Crippen LogP contribution in [0.4, 0.5) is 14.5 Å². The molecule has 0 spiro atoms. The van der Waals surface area contributed by atoms with Crippen molar-refractivity contribution in [1.29, 1.82) is 0 Å². The van der Waals surface area contributed by atoms with Crippen molar-refractivity contribution in [2.75, 3.05) is 6.61 Å². The Morgan fingerprint density at radius 1 is 1.45 bits per heavy atom. The Balaban J connectivity index is 3.62. The topological polar surface area (TPSA) is 95.7 Å². The zero-order valence-electron chi connectivity index (χ0n) is 9.88. The molecule has 1 rings (SSSR count). The summed E-state index contributed by atoms with van der Waals surface area (Å²) in [7, 11) is 0.758. The Morgan fingerprint density at radius 3 is 2.45 bits per heavy atom. The number of nitrogens with zero attached hydrogens (tertiary/aromatic N) is 1. The normalized spacial score (nSPS) is 11.4. The lowest BCUT2D eigenvalue weighted by atomic mass is 10.2. The van der Waals surface area contributed by atoms with Crippen molar-refractivity contribution in [3.8, 4) is 11.5 Å². The van der Waals surface area contributed by atoms with Crippen molar-refractivity contribution >= 4 is 25.4 Å². The summed E-state index contributed by atoms with van der Waals surface area (Å²) in [6.45, 7) is -2.03. The molecule has 1 aromatic carbocycles. The first-order chi connectivity index (χ1) is 9.18. The van der Waals surface area contributed by atoms with Crippen LogP contribution < -0.4 is 9.47 Å². The number of nitro groups is 1. The molecule has 7 nitrogen and oxygen atoms in total. The van der Waals surface area contributed by atoms with Gasteiger partial charge in [0.2, 0.25) is 11.5 Å². The molecule has 0 aliphatic rings. The third-order valence-corrected chi connectivity index (χ3v) is 3.35. The number of ether oxygens (including phenoxy) is 2. The molecule has 0 unspecified atom stereocenters. The molecular formula is C9H8ClF2NO6S. The Labute approximate surface area is 116 Å². The average molecular weight is 332 g/mol. The number of alkyl halides is 2. The van der Waals surface area contributed by atoms with Gasteiger partial charge >= 0.3 is 12.3 Å². The smallest absolute Gasteiger partial charge is 0.387 e. The van der Waals surface area contributed by atoms with Gasteiger partial charge in [0, 0.05) is 10.7 Å². The summed E-state index contributed by atoms with van der Waals surface area (Å²) in [4.78, 5) is 9.15. The maximum absolute atomic E-state index is 12.2. The van der Waals surface area contributed by atoms with Crippen LogP contribution in [-0.2, 0) is 9.05 Å². The minimum absolute atomic E-state index is 0.140. The predicted molar refractivity (Wildman–Crippen MR) is 63.9 cm³/mol. The molecule has 0 aliphatic carbocycles. The minimum Gasteiger partial charge on any atom is -0.486 e. The Kier molecular flexibility index (Phi) is 5.06. The number of nitro benzene ring substituents is 1. The first-order valence-electron chi connectivity index (χ1n) is 5.02. The van der Waals surface area contributed by atoms with E-state index in [4.69, 9.17) is 15.4 Å². The Hall–Kier alpha value is -1.68. The van der Waals surface area contributed by atoms with Crippen LogP contribution in [0.1, 0.15) is 6.92 Å². The van der Waals surface area contributed by atoms with Gasteiger partial charge in [0.25, 0.3) is 9.05 Å². The summed E-state index contributed by atoms with van der Waals surface area (Å²) in [6.07, 6.45) is 0. The predicted octanol–water partition coefficient (Wildman–Crippen LogP) is 2.52. The molecule has 20 heavy (non-hydrogen) atoms. The highest BCUT2D eigenvalue weighted by atomic mass is 35.7. The Bertz CT molecular complexity index is 621. The van der Waals surface area contributed by atoms with Crippen LogP contribution in [0.5, 0.6) is 11.5 Å². The summed E-state index contributed by atoms with van der Waals surface area (Å²) in [5, 5.41) is 10.9. The number of hydrogen-bond acceptors (Lipinski definition) is 6. The number of halogens is 3. The lowest BCUT2D eigenvalue weighted by Gasteiger charge is -2.11. The van der Waals surface area contributed by atoms with E-state index in [1.54, 1.807) is 0 Å². The first-order valence-corrected chi connectivity index (χ1v) is 7.33. The molecule has 1 aromatic rings. The maximum atomic E-state index is 12.2. The van der Waals surface area contributed by atoms with Gasteiger partial charge in [0.05, 0.1) is 11.5 Å². The molecule has 0 atom stereocenters. The number of benzene rings is 1. The van der Waals surface area contributed by atoms with Crippen molar-refractivity contribution in [3.05, 3.63) is 22.2 Å². The molecule has 0 fully saturated rings. The molecule has 0 bridgehead atoms. The van der Waals surface area contributed by atoms with Crippen molar-refractivity contribution in [2.45, 2.75) is 18.4 Å². The van der Waals surface area contributed by atoms with Gasteiger partial charge < -0.3 is 9.47 Å². The van der Waals surface area contributed by atoms with Crippen LogP contribution in [0.2, 0.25) is 0 Å². The summed E-state index contributed by atoms with van der Waals surface area (Å²) in [5.74, 6) is -1.57. The second kappa shape index (κ2) is 6.18. The van der Waals surface area contributed by atoms with E-state index in [0.717, 1.165) is 6.07 Å². The third-order valence-electron chi connectivity index (χ3n) is 2.01. The molecule has 0 aromatic heterocycles. The van der Waals surface area contributed by atoms with Gasteiger partial charge in [-0.2, -0.15) is 8.78 Å². The fraction of sp³-hybridized carbons (Fsp3) is 0.333. The third kappa shape index (κ3) is 3.67. The van der Waals surface area contributed by atoms with E-state index in [2.05, 4.69) is 4.74 Å². The van der Waals surface area contributed by atoms with Crippen LogP contribution in [0.25, 0.3) is 0 Å². The van der Waals surface area contributed by atoms with E-state index < -0.39 is 42.7 Å². The minimum atomic E-state index is -4.36. The second-order valence-corrected chi connectivity index (χ2v) is 5.78. The number of rotatable bonds is 6. The fourth-order valence-electron chi connectivity index (χ4n) is 1.37. The SMILES string of the molecule is CCOc1c(S(=O)(=O)Cl)ccc(OC(F)F)c1[N+](=O)[O-].